The van der Waals surface area contributed by atoms with Gasteiger partial charge in [-0.3, -0.25) is 4.68 Å². The molecule has 2 saturated carbocycles. The highest BCUT2D eigenvalue weighted by Gasteiger charge is 2.33. The first-order valence-corrected chi connectivity index (χ1v) is 10.5. The molecule has 1 heterocycles. The van der Waals surface area contributed by atoms with Crippen molar-refractivity contribution in [2.45, 2.75) is 55.1 Å². The van der Waals surface area contributed by atoms with E-state index in [2.05, 4.69) is 15.9 Å². The number of halogens is 3. The van der Waals surface area contributed by atoms with Crippen molar-refractivity contribution in [3.05, 3.63) is 47.3 Å². The molecule has 2 aliphatic carbocycles. The molecule has 0 amide bonds. The van der Waals surface area contributed by atoms with Crippen LogP contribution in [0.2, 0.25) is 0 Å². The van der Waals surface area contributed by atoms with Gasteiger partial charge in [0, 0.05) is 24.1 Å². The van der Waals surface area contributed by atoms with Crippen LogP contribution in [-0.4, -0.2) is 24.7 Å². The van der Waals surface area contributed by atoms with Gasteiger partial charge >= 0.3 is 6.18 Å². The molecule has 2 aliphatic rings. The number of hydrogen-bond acceptors (Lipinski definition) is 3. The minimum Gasteiger partial charge on any atom is -0.268 e. The molecule has 27 heavy (non-hydrogen) atoms. The van der Waals surface area contributed by atoms with Crippen LogP contribution in [0.15, 0.2) is 35.2 Å². The molecule has 0 radical (unpaired) electrons. The number of aromatic nitrogens is 2. The first-order valence-electron chi connectivity index (χ1n) is 8.98. The normalized spacial score (nSPS) is 18.0. The van der Waals surface area contributed by atoms with E-state index in [1.807, 2.05) is 4.68 Å². The van der Waals surface area contributed by atoms with Gasteiger partial charge in [0.05, 0.1) is 22.7 Å². The molecule has 4 rings (SSSR count). The van der Waals surface area contributed by atoms with Crippen LogP contribution >= 0.6 is 0 Å². The van der Waals surface area contributed by atoms with Crippen LogP contribution < -0.4 is 4.72 Å². The molecular weight excluding hydrogens is 379 g/mol. The fourth-order valence-electron chi connectivity index (χ4n) is 3.13. The fourth-order valence-corrected chi connectivity index (χ4v) is 4.19. The quantitative estimate of drug-likeness (QED) is 0.773. The van der Waals surface area contributed by atoms with Gasteiger partial charge in [0.2, 0.25) is 10.0 Å². The lowest BCUT2D eigenvalue weighted by Crippen LogP contribution is -2.28. The van der Waals surface area contributed by atoms with Crippen molar-refractivity contribution in [2.75, 3.05) is 6.54 Å². The average molecular weight is 399 g/mol. The molecule has 0 spiro atoms. The Morgan fingerprint density at radius 3 is 2.44 bits per heavy atom. The summed E-state index contributed by atoms with van der Waals surface area (Å²) in [4.78, 5) is -0.390. The van der Waals surface area contributed by atoms with Crippen molar-refractivity contribution in [3.63, 3.8) is 0 Å². The Kier molecular flexibility index (Phi) is 4.54. The fraction of sp³-hybridized carbons (Fsp3) is 0.500. The van der Waals surface area contributed by atoms with E-state index in [1.165, 1.54) is 0 Å². The van der Waals surface area contributed by atoms with Gasteiger partial charge < -0.3 is 0 Å². The summed E-state index contributed by atoms with van der Waals surface area (Å²) in [6.45, 7) is 0.431. The van der Waals surface area contributed by atoms with Crippen LogP contribution in [0.3, 0.4) is 0 Å². The van der Waals surface area contributed by atoms with Crippen LogP contribution in [0, 0.1) is 0 Å². The topological polar surface area (TPSA) is 64.0 Å². The van der Waals surface area contributed by atoms with Crippen LogP contribution in [0.25, 0.3) is 0 Å². The zero-order valence-corrected chi connectivity index (χ0v) is 15.4. The molecule has 0 atom stereocenters. The van der Waals surface area contributed by atoms with Crippen molar-refractivity contribution in [1.82, 2.24) is 14.5 Å². The molecule has 1 aromatic carbocycles. The van der Waals surface area contributed by atoms with Gasteiger partial charge in [0.25, 0.3) is 0 Å². The maximum Gasteiger partial charge on any atom is 0.416 e. The second-order valence-corrected chi connectivity index (χ2v) is 8.96. The van der Waals surface area contributed by atoms with Gasteiger partial charge in [-0.05, 0) is 49.9 Å². The van der Waals surface area contributed by atoms with Gasteiger partial charge in [-0.1, -0.05) is 6.07 Å². The molecule has 0 aliphatic heterocycles. The Balaban J connectivity index is 1.44. The number of nitrogens with one attached hydrogen (secondary N) is 1. The number of sulfonamides is 1. The van der Waals surface area contributed by atoms with E-state index in [0.29, 0.717) is 24.4 Å². The van der Waals surface area contributed by atoms with Crippen molar-refractivity contribution in [2.24, 2.45) is 0 Å². The van der Waals surface area contributed by atoms with Crippen LogP contribution in [0.5, 0.6) is 0 Å². The molecule has 9 heteroatoms. The summed E-state index contributed by atoms with van der Waals surface area (Å²) in [5.41, 5.74) is 1.22. The van der Waals surface area contributed by atoms with Crippen molar-refractivity contribution < 1.29 is 21.6 Å². The first kappa shape index (κ1) is 18.5. The Labute approximate surface area is 155 Å². The summed E-state index contributed by atoms with van der Waals surface area (Å²) in [5.74, 6) is 1.01. The Hall–Kier alpha value is -1.87. The molecule has 1 aromatic heterocycles. The summed E-state index contributed by atoms with van der Waals surface area (Å²) < 4.78 is 67.3. The van der Waals surface area contributed by atoms with E-state index < -0.39 is 21.8 Å². The summed E-state index contributed by atoms with van der Waals surface area (Å²) in [5, 5.41) is 4.61. The van der Waals surface area contributed by atoms with E-state index in [1.54, 1.807) is 0 Å². The minimum atomic E-state index is -4.58. The predicted molar refractivity (Wildman–Crippen MR) is 92.8 cm³/mol. The van der Waals surface area contributed by atoms with E-state index >= 15 is 0 Å². The standard InChI is InChI=1S/C18H20F3N3O2S/c19-18(20,21)14-2-1-3-15(10-14)27(25,26)22-8-9-24-17(13-6-7-13)11-16(23-24)12-4-5-12/h1-3,10-13,22H,4-9H2. The summed E-state index contributed by atoms with van der Waals surface area (Å²) in [6, 6.07) is 5.88. The lowest BCUT2D eigenvalue weighted by molar-refractivity contribution is -0.137. The highest BCUT2D eigenvalue weighted by Crippen LogP contribution is 2.44. The first-order chi connectivity index (χ1) is 12.7. The van der Waals surface area contributed by atoms with E-state index in [9.17, 15) is 21.6 Å². The highest BCUT2D eigenvalue weighted by atomic mass is 32.2. The highest BCUT2D eigenvalue weighted by molar-refractivity contribution is 7.89. The Morgan fingerprint density at radius 1 is 1.11 bits per heavy atom. The number of nitrogens with zero attached hydrogens (tertiary/aromatic N) is 2. The second kappa shape index (κ2) is 6.63. The molecular formula is C18H20F3N3O2S. The lowest BCUT2D eigenvalue weighted by atomic mass is 10.2. The summed E-state index contributed by atoms with van der Waals surface area (Å²) in [6.07, 6.45) is -0.0664. The van der Waals surface area contributed by atoms with Crippen LogP contribution in [0.1, 0.15) is 54.5 Å². The molecule has 0 unspecified atom stereocenters. The predicted octanol–water partition coefficient (Wildman–Crippen LogP) is 3.64. The summed E-state index contributed by atoms with van der Waals surface area (Å²) >= 11 is 0. The van der Waals surface area contributed by atoms with Crippen LogP contribution in [0.4, 0.5) is 13.2 Å². The Morgan fingerprint density at radius 2 is 1.81 bits per heavy atom. The van der Waals surface area contributed by atoms with E-state index in [4.69, 9.17) is 0 Å². The molecule has 0 saturated heterocycles. The third-order valence-electron chi connectivity index (χ3n) is 4.91. The van der Waals surface area contributed by atoms with Crippen molar-refractivity contribution in [1.29, 1.82) is 0 Å². The maximum absolute atomic E-state index is 12.8. The molecule has 2 aromatic rings. The van der Waals surface area contributed by atoms with Gasteiger partial charge in [-0.2, -0.15) is 18.3 Å². The Bertz CT molecular complexity index is 945. The number of rotatable bonds is 7. The van der Waals surface area contributed by atoms with Gasteiger partial charge in [-0.15, -0.1) is 0 Å². The molecule has 5 nitrogen and oxygen atoms in total. The van der Waals surface area contributed by atoms with Crippen molar-refractivity contribution in [3.8, 4) is 0 Å². The number of alkyl halides is 3. The SMILES string of the molecule is O=S(=O)(NCCn1nc(C2CC2)cc1C1CC1)c1cccc(C(F)(F)F)c1. The van der Waals surface area contributed by atoms with Gasteiger partial charge in [0.1, 0.15) is 0 Å². The van der Waals surface area contributed by atoms with E-state index in [-0.39, 0.29) is 11.4 Å². The third-order valence-corrected chi connectivity index (χ3v) is 6.37. The average Bonchev–Trinajstić information content (AvgIpc) is 3.53. The van der Waals surface area contributed by atoms with E-state index in [0.717, 1.165) is 55.3 Å². The van der Waals surface area contributed by atoms with Crippen LogP contribution in [-0.2, 0) is 22.7 Å². The summed E-state index contributed by atoms with van der Waals surface area (Å²) in [7, 11) is -4.02. The second-order valence-electron chi connectivity index (χ2n) is 7.19. The zero-order valence-electron chi connectivity index (χ0n) is 14.5. The third kappa shape index (κ3) is 4.19. The zero-order chi connectivity index (χ0) is 19.2. The van der Waals surface area contributed by atoms with Crippen molar-refractivity contribution >= 4 is 10.0 Å². The van der Waals surface area contributed by atoms with Gasteiger partial charge in [-0.25, -0.2) is 13.1 Å². The largest absolute Gasteiger partial charge is 0.416 e. The smallest absolute Gasteiger partial charge is 0.268 e. The number of benzene rings is 1. The minimum absolute atomic E-state index is 0.0735. The molecule has 2 fully saturated rings. The molecule has 146 valence electrons. The lowest BCUT2D eigenvalue weighted by Gasteiger charge is -2.11. The molecule has 0 bridgehead atoms. The maximum atomic E-state index is 12.8. The van der Waals surface area contributed by atoms with Gasteiger partial charge in [0.15, 0.2) is 0 Å². The number of hydrogen-bond donors (Lipinski definition) is 1. The molecule has 1 N–H and O–H groups in total. The monoisotopic (exact) mass is 399 g/mol.